The number of hydrogen-bond donors (Lipinski definition) is 1. The van der Waals surface area contributed by atoms with Crippen LogP contribution < -0.4 is 10.8 Å². The molecule has 0 aromatic heterocycles. The van der Waals surface area contributed by atoms with Crippen molar-refractivity contribution >= 4 is 12.6 Å². The first-order valence-electron chi connectivity index (χ1n) is 8.52. The van der Waals surface area contributed by atoms with Crippen LogP contribution in [0.15, 0.2) is 24.3 Å². The molecule has 4 nitrogen and oxygen atoms in total. The Morgan fingerprint density at radius 2 is 1.48 bits per heavy atom. The van der Waals surface area contributed by atoms with Gasteiger partial charge in [-0.15, -0.1) is 0 Å². The summed E-state index contributed by atoms with van der Waals surface area (Å²) in [6, 6.07) is 8.55. The van der Waals surface area contributed by atoms with Gasteiger partial charge < -0.3 is 19.4 Å². The molecule has 0 amide bonds. The van der Waals surface area contributed by atoms with Crippen LogP contribution in [0.2, 0.25) is 0 Å². The van der Waals surface area contributed by atoms with E-state index in [1.165, 1.54) is 5.56 Å². The molecule has 3 rings (SSSR count). The number of hydrogen-bond acceptors (Lipinski definition) is 4. The van der Waals surface area contributed by atoms with Gasteiger partial charge in [0.2, 0.25) is 0 Å². The molecule has 1 aromatic rings. The molecule has 0 saturated carbocycles. The molecule has 2 fully saturated rings. The van der Waals surface area contributed by atoms with Gasteiger partial charge in [-0.3, -0.25) is 0 Å². The second-order valence-electron chi connectivity index (χ2n) is 7.66. The molecule has 1 aromatic carbocycles. The van der Waals surface area contributed by atoms with Crippen LogP contribution in [0.25, 0.3) is 0 Å². The molecule has 2 aliphatic rings. The fraction of sp³-hybridized carbons (Fsp3) is 0.667. The summed E-state index contributed by atoms with van der Waals surface area (Å²) >= 11 is 0. The average molecular weight is 317 g/mol. The molecule has 2 heterocycles. The van der Waals surface area contributed by atoms with Crippen molar-refractivity contribution in [1.82, 2.24) is 5.32 Å². The van der Waals surface area contributed by atoms with Crippen molar-refractivity contribution in [2.75, 3.05) is 20.2 Å². The molecule has 5 heteroatoms. The van der Waals surface area contributed by atoms with Gasteiger partial charge in [-0.2, -0.15) is 0 Å². The fourth-order valence-electron chi connectivity index (χ4n) is 3.36. The van der Waals surface area contributed by atoms with Crippen LogP contribution in [-0.4, -0.2) is 38.5 Å². The molecule has 2 aliphatic heterocycles. The normalized spacial score (nSPS) is 25.5. The van der Waals surface area contributed by atoms with Gasteiger partial charge in [-0.25, -0.2) is 0 Å². The Balaban J connectivity index is 1.80. The van der Waals surface area contributed by atoms with E-state index in [2.05, 4.69) is 57.3 Å². The van der Waals surface area contributed by atoms with Crippen molar-refractivity contribution in [3.05, 3.63) is 29.8 Å². The van der Waals surface area contributed by atoms with E-state index in [0.29, 0.717) is 0 Å². The number of rotatable bonds is 3. The predicted octanol–water partition coefficient (Wildman–Crippen LogP) is 2.21. The van der Waals surface area contributed by atoms with E-state index in [4.69, 9.17) is 14.0 Å². The van der Waals surface area contributed by atoms with Crippen LogP contribution in [0.3, 0.4) is 0 Å². The molecular formula is C18H28BNO3. The van der Waals surface area contributed by atoms with Gasteiger partial charge in [0, 0.05) is 7.11 Å². The van der Waals surface area contributed by atoms with E-state index >= 15 is 0 Å². The van der Waals surface area contributed by atoms with E-state index < -0.39 is 0 Å². The van der Waals surface area contributed by atoms with Crippen molar-refractivity contribution < 1.29 is 14.0 Å². The first kappa shape index (κ1) is 17.0. The van der Waals surface area contributed by atoms with Gasteiger partial charge in [0.25, 0.3) is 0 Å². The molecule has 0 aliphatic carbocycles. The van der Waals surface area contributed by atoms with Gasteiger partial charge in [0.1, 0.15) is 0 Å². The zero-order chi connectivity index (χ0) is 16.7. The molecule has 126 valence electrons. The van der Waals surface area contributed by atoms with Crippen LogP contribution in [0, 0.1) is 0 Å². The average Bonchev–Trinajstić information content (AvgIpc) is 2.76. The Morgan fingerprint density at radius 1 is 0.957 bits per heavy atom. The highest BCUT2D eigenvalue weighted by molar-refractivity contribution is 6.62. The minimum Gasteiger partial charge on any atom is -0.399 e. The first-order chi connectivity index (χ1) is 10.8. The predicted molar refractivity (Wildman–Crippen MR) is 92.9 cm³/mol. The van der Waals surface area contributed by atoms with Gasteiger partial charge in [0.15, 0.2) is 0 Å². The summed E-state index contributed by atoms with van der Waals surface area (Å²) in [5.74, 6) is 0. The second-order valence-corrected chi connectivity index (χ2v) is 7.66. The van der Waals surface area contributed by atoms with Crippen LogP contribution in [0.1, 0.15) is 46.1 Å². The van der Waals surface area contributed by atoms with Crippen LogP contribution in [-0.2, 0) is 19.6 Å². The van der Waals surface area contributed by atoms with E-state index in [1.807, 2.05) is 7.11 Å². The molecule has 0 atom stereocenters. The quantitative estimate of drug-likeness (QED) is 0.868. The molecule has 0 bridgehead atoms. The summed E-state index contributed by atoms with van der Waals surface area (Å²) in [6.07, 6.45) is 2.00. The molecule has 23 heavy (non-hydrogen) atoms. The van der Waals surface area contributed by atoms with Gasteiger partial charge in [-0.1, -0.05) is 24.3 Å². The third kappa shape index (κ3) is 2.96. The Morgan fingerprint density at radius 3 is 1.96 bits per heavy atom. The zero-order valence-corrected chi connectivity index (χ0v) is 14.9. The summed E-state index contributed by atoms with van der Waals surface area (Å²) in [5, 5.41) is 3.40. The number of benzene rings is 1. The van der Waals surface area contributed by atoms with E-state index in [-0.39, 0.29) is 23.9 Å². The highest BCUT2D eigenvalue weighted by Crippen LogP contribution is 2.37. The first-order valence-corrected chi connectivity index (χ1v) is 8.52. The third-order valence-electron chi connectivity index (χ3n) is 5.76. The molecule has 1 N–H and O–H groups in total. The lowest BCUT2D eigenvalue weighted by Gasteiger charge is -2.37. The minimum absolute atomic E-state index is 0.167. The van der Waals surface area contributed by atoms with Crippen LogP contribution in [0.4, 0.5) is 0 Å². The van der Waals surface area contributed by atoms with E-state index in [0.717, 1.165) is 31.4 Å². The fourth-order valence-corrected chi connectivity index (χ4v) is 3.36. The maximum absolute atomic E-state index is 6.12. The largest absolute Gasteiger partial charge is 0.494 e. The third-order valence-corrected chi connectivity index (χ3v) is 5.76. The molecular weight excluding hydrogens is 289 g/mol. The summed E-state index contributed by atoms with van der Waals surface area (Å²) in [5.41, 5.74) is 1.52. The minimum atomic E-state index is -0.306. The van der Waals surface area contributed by atoms with Crippen LogP contribution in [0.5, 0.6) is 0 Å². The van der Waals surface area contributed by atoms with Crippen molar-refractivity contribution in [2.45, 2.75) is 57.3 Å². The van der Waals surface area contributed by atoms with Crippen molar-refractivity contribution in [1.29, 1.82) is 0 Å². The lowest BCUT2D eigenvalue weighted by molar-refractivity contribution is -0.0391. The Kier molecular flexibility index (Phi) is 4.34. The molecule has 0 unspecified atom stereocenters. The Labute approximate surface area is 140 Å². The Hall–Kier alpha value is -0.875. The second kappa shape index (κ2) is 5.89. The van der Waals surface area contributed by atoms with Gasteiger partial charge in [-0.05, 0) is 64.7 Å². The standard InChI is InChI=1S/C18H28BNO3/c1-16(2)17(3,4)23-19(22-16)15-8-6-14(7-9-15)18(21-5)10-12-20-13-11-18/h6-9,20H,10-13H2,1-5H3. The SMILES string of the molecule is COC1(c2ccc(B3OC(C)(C)C(C)(C)O3)cc2)CCNCC1. The zero-order valence-electron chi connectivity index (χ0n) is 14.9. The van der Waals surface area contributed by atoms with Gasteiger partial charge in [0.05, 0.1) is 16.8 Å². The lowest BCUT2D eigenvalue weighted by Crippen LogP contribution is -2.41. The number of nitrogens with one attached hydrogen (secondary N) is 1. The van der Waals surface area contributed by atoms with E-state index in [1.54, 1.807) is 0 Å². The summed E-state index contributed by atoms with van der Waals surface area (Å²) in [6.45, 7) is 10.3. The maximum Gasteiger partial charge on any atom is 0.494 e. The summed E-state index contributed by atoms with van der Waals surface area (Å²) in [4.78, 5) is 0. The number of piperidine rings is 1. The van der Waals surface area contributed by atoms with Crippen LogP contribution >= 0.6 is 0 Å². The highest BCUT2D eigenvalue weighted by Gasteiger charge is 2.51. The number of ether oxygens (including phenoxy) is 1. The molecule has 0 spiro atoms. The monoisotopic (exact) mass is 317 g/mol. The van der Waals surface area contributed by atoms with Crippen molar-refractivity contribution in [3.8, 4) is 0 Å². The van der Waals surface area contributed by atoms with Crippen molar-refractivity contribution in [3.63, 3.8) is 0 Å². The molecule has 0 radical (unpaired) electrons. The Bertz CT molecular complexity index is 534. The van der Waals surface area contributed by atoms with Gasteiger partial charge >= 0.3 is 7.12 Å². The summed E-state index contributed by atoms with van der Waals surface area (Å²) in [7, 11) is 1.51. The summed E-state index contributed by atoms with van der Waals surface area (Å²) < 4.78 is 18.1. The molecule has 2 saturated heterocycles. The maximum atomic E-state index is 6.12. The smallest absolute Gasteiger partial charge is 0.399 e. The highest BCUT2D eigenvalue weighted by atomic mass is 16.7. The topological polar surface area (TPSA) is 39.7 Å². The lowest BCUT2D eigenvalue weighted by atomic mass is 9.77. The number of methoxy groups -OCH3 is 1. The van der Waals surface area contributed by atoms with E-state index in [9.17, 15) is 0 Å². The van der Waals surface area contributed by atoms with Crippen molar-refractivity contribution in [2.24, 2.45) is 0 Å².